The van der Waals surface area contributed by atoms with Gasteiger partial charge in [-0.3, -0.25) is 9.59 Å². The molecule has 1 fully saturated rings. The van der Waals surface area contributed by atoms with Gasteiger partial charge in [-0.25, -0.2) is 4.79 Å². The Balaban J connectivity index is 1.81. The second-order valence-electron chi connectivity index (χ2n) is 5.26. The van der Waals surface area contributed by atoms with E-state index in [1.807, 2.05) is 6.07 Å². The number of ether oxygens (including phenoxy) is 1. The maximum absolute atomic E-state index is 12.2. The summed E-state index contributed by atoms with van der Waals surface area (Å²) >= 11 is 1.26. The fraction of sp³-hybridized carbons (Fsp3) is 0.400. The van der Waals surface area contributed by atoms with Crippen molar-refractivity contribution in [1.82, 2.24) is 0 Å². The fourth-order valence-electron chi connectivity index (χ4n) is 2.75. The Labute approximate surface area is 126 Å². The van der Waals surface area contributed by atoms with E-state index in [1.54, 1.807) is 17.0 Å². The molecule has 1 unspecified atom stereocenters. The summed E-state index contributed by atoms with van der Waals surface area (Å²) in [6.07, 6.45) is 0.443. The van der Waals surface area contributed by atoms with E-state index in [2.05, 4.69) is 0 Å². The zero-order chi connectivity index (χ0) is 15.0. The van der Waals surface area contributed by atoms with E-state index in [0.717, 1.165) is 11.3 Å². The molecule has 1 atom stereocenters. The molecule has 1 saturated heterocycles. The molecule has 21 heavy (non-hydrogen) atoms. The summed E-state index contributed by atoms with van der Waals surface area (Å²) in [4.78, 5) is 36.6. The van der Waals surface area contributed by atoms with Crippen molar-refractivity contribution in [1.29, 1.82) is 0 Å². The molecule has 6 heteroatoms. The van der Waals surface area contributed by atoms with Crippen LogP contribution in [0.2, 0.25) is 0 Å². The molecule has 110 valence electrons. The second kappa shape index (κ2) is 5.52. The third-order valence-corrected chi connectivity index (χ3v) is 4.78. The molecule has 5 nitrogen and oxygen atoms in total. The van der Waals surface area contributed by atoms with Crippen LogP contribution in [0.3, 0.4) is 0 Å². The highest BCUT2D eigenvalue weighted by atomic mass is 32.2. The number of benzene rings is 1. The van der Waals surface area contributed by atoms with Crippen LogP contribution in [-0.4, -0.2) is 29.3 Å². The maximum Gasteiger partial charge on any atom is 0.338 e. The summed E-state index contributed by atoms with van der Waals surface area (Å²) in [6, 6.07) is 5.34. The highest BCUT2D eigenvalue weighted by Crippen LogP contribution is 2.34. The Morgan fingerprint density at radius 1 is 1.43 bits per heavy atom. The average molecular weight is 305 g/mol. The van der Waals surface area contributed by atoms with Crippen LogP contribution in [0.15, 0.2) is 18.2 Å². The van der Waals surface area contributed by atoms with E-state index < -0.39 is 0 Å². The molecule has 0 aromatic heterocycles. The average Bonchev–Trinajstić information content (AvgIpc) is 3.00. The van der Waals surface area contributed by atoms with Crippen molar-refractivity contribution in [2.24, 2.45) is 5.92 Å². The number of esters is 1. The normalized spacial score (nSPS) is 20.6. The SMILES string of the molecule is CC(=O)SCC1CC(=O)N(c2cccc3c2COC3=O)C1. The van der Waals surface area contributed by atoms with Crippen LogP contribution in [0.1, 0.15) is 29.3 Å². The largest absolute Gasteiger partial charge is 0.457 e. The lowest BCUT2D eigenvalue weighted by Gasteiger charge is -2.19. The quantitative estimate of drug-likeness (QED) is 0.799. The first-order valence-corrected chi connectivity index (χ1v) is 7.77. The summed E-state index contributed by atoms with van der Waals surface area (Å²) in [7, 11) is 0. The second-order valence-corrected chi connectivity index (χ2v) is 6.45. The smallest absolute Gasteiger partial charge is 0.338 e. The fourth-order valence-corrected chi connectivity index (χ4v) is 3.44. The maximum atomic E-state index is 12.2. The minimum atomic E-state index is -0.331. The molecule has 2 heterocycles. The van der Waals surface area contributed by atoms with E-state index in [9.17, 15) is 14.4 Å². The van der Waals surface area contributed by atoms with Crippen LogP contribution in [0, 0.1) is 5.92 Å². The standard InChI is InChI=1S/C15H15NO4S/c1-9(17)21-8-10-5-14(18)16(6-10)13-4-2-3-11-12(13)7-20-15(11)19/h2-4,10H,5-8H2,1H3. The number of rotatable bonds is 3. The summed E-state index contributed by atoms with van der Waals surface area (Å²) in [5.41, 5.74) is 2.09. The summed E-state index contributed by atoms with van der Waals surface area (Å²) in [5.74, 6) is 0.529. The molecule has 0 bridgehead atoms. The van der Waals surface area contributed by atoms with E-state index in [-0.39, 0.29) is 29.5 Å². The van der Waals surface area contributed by atoms with Crippen molar-refractivity contribution >= 4 is 34.4 Å². The van der Waals surface area contributed by atoms with Crippen LogP contribution in [0.4, 0.5) is 5.69 Å². The summed E-state index contributed by atoms with van der Waals surface area (Å²) in [5, 5.41) is 0.0699. The molecule has 1 amide bonds. The Kier molecular flexibility index (Phi) is 3.71. The van der Waals surface area contributed by atoms with Gasteiger partial charge in [0.25, 0.3) is 0 Å². The number of amides is 1. The van der Waals surface area contributed by atoms with Gasteiger partial charge in [-0.2, -0.15) is 0 Å². The van der Waals surface area contributed by atoms with E-state index in [1.165, 1.54) is 18.7 Å². The molecule has 1 aromatic carbocycles. The molecule has 2 aliphatic heterocycles. The minimum absolute atomic E-state index is 0.0388. The number of nitrogens with zero attached hydrogens (tertiary/aromatic N) is 1. The van der Waals surface area contributed by atoms with Crippen molar-refractivity contribution in [2.75, 3.05) is 17.2 Å². The van der Waals surface area contributed by atoms with Gasteiger partial charge in [0.05, 0.1) is 11.3 Å². The highest BCUT2D eigenvalue weighted by Gasteiger charge is 2.34. The van der Waals surface area contributed by atoms with Gasteiger partial charge in [0.15, 0.2) is 5.12 Å². The van der Waals surface area contributed by atoms with Crippen LogP contribution in [-0.2, 0) is 20.9 Å². The highest BCUT2D eigenvalue weighted by molar-refractivity contribution is 8.13. The molecule has 0 radical (unpaired) electrons. The molecule has 0 saturated carbocycles. The monoisotopic (exact) mass is 305 g/mol. The first-order valence-electron chi connectivity index (χ1n) is 6.79. The number of carbonyl (C=O) groups excluding carboxylic acids is 3. The van der Waals surface area contributed by atoms with E-state index in [0.29, 0.717) is 24.3 Å². The van der Waals surface area contributed by atoms with Crippen LogP contribution >= 0.6 is 11.8 Å². The Bertz CT molecular complexity index is 628. The predicted octanol–water partition coefficient (Wildman–Crippen LogP) is 1.99. The van der Waals surface area contributed by atoms with Crippen molar-refractivity contribution in [3.8, 4) is 0 Å². The Morgan fingerprint density at radius 3 is 3.00 bits per heavy atom. The van der Waals surface area contributed by atoms with Gasteiger partial charge in [0.2, 0.25) is 5.91 Å². The molecule has 2 aliphatic rings. The zero-order valence-electron chi connectivity index (χ0n) is 11.6. The number of fused-ring (bicyclic) bond motifs is 1. The minimum Gasteiger partial charge on any atom is -0.457 e. The molecule has 0 spiro atoms. The topological polar surface area (TPSA) is 63.7 Å². The first kappa shape index (κ1) is 14.1. The molecule has 3 rings (SSSR count). The van der Waals surface area contributed by atoms with Crippen LogP contribution in [0.25, 0.3) is 0 Å². The lowest BCUT2D eigenvalue weighted by molar-refractivity contribution is -0.117. The third-order valence-electron chi connectivity index (χ3n) is 3.74. The lowest BCUT2D eigenvalue weighted by atomic mass is 10.1. The van der Waals surface area contributed by atoms with Crippen LogP contribution < -0.4 is 4.90 Å². The van der Waals surface area contributed by atoms with E-state index in [4.69, 9.17) is 4.74 Å². The molecule has 0 N–H and O–H groups in total. The number of cyclic esters (lactones) is 1. The predicted molar refractivity (Wildman–Crippen MR) is 79.2 cm³/mol. The van der Waals surface area contributed by atoms with E-state index >= 15 is 0 Å². The summed E-state index contributed by atoms with van der Waals surface area (Å²) in [6.45, 7) is 2.34. The van der Waals surface area contributed by atoms with Crippen molar-refractivity contribution in [3.63, 3.8) is 0 Å². The number of anilines is 1. The van der Waals surface area contributed by atoms with Gasteiger partial charge < -0.3 is 9.64 Å². The molecule has 0 aliphatic carbocycles. The zero-order valence-corrected chi connectivity index (χ0v) is 12.4. The van der Waals surface area contributed by atoms with Crippen molar-refractivity contribution in [3.05, 3.63) is 29.3 Å². The lowest BCUT2D eigenvalue weighted by Crippen LogP contribution is -2.26. The van der Waals surface area contributed by atoms with Gasteiger partial charge in [-0.1, -0.05) is 17.8 Å². The number of thioether (sulfide) groups is 1. The molecular weight excluding hydrogens is 290 g/mol. The first-order chi connectivity index (χ1) is 10.1. The summed E-state index contributed by atoms with van der Waals surface area (Å²) < 4.78 is 5.04. The Hall–Kier alpha value is -1.82. The van der Waals surface area contributed by atoms with Crippen LogP contribution in [0.5, 0.6) is 0 Å². The van der Waals surface area contributed by atoms with Gasteiger partial charge in [-0.05, 0) is 18.1 Å². The molecular formula is C15H15NO4S. The third kappa shape index (κ3) is 2.68. The van der Waals surface area contributed by atoms with Gasteiger partial charge in [-0.15, -0.1) is 0 Å². The van der Waals surface area contributed by atoms with Gasteiger partial charge in [0.1, 0.15) is 6.61 Å². The van der Waals surface area contributed by atoms with Crippen molar-refractivity contribution in [2.45, 2.75) is 20.0 Å². The van der Waals surface area contributed by atoms with Gasteiger partial charge in [0, 0.05) is 31.2 Å². The van der Waals surface area contributed by atoms with Crippen molar-refractivity contribution < 1.29 is 19.1 Å². The molecule has 1 aromatic rings. The van der Waals surface area contributed by atoms with Gasteiger partial charge >= 0.3 is 5.97 Å². The number of carbonyl (C=O) groups is 3. The Morgan fingerprint density at radius 2 is 2.24 bits per heavy atom. The number of hydrogen-bond acceptors (Lipinski definition) is 5. The number of hydrogen-bond donors (Lipinski definition) is 0.